The Morgan fingerprint density at radius 3 is 2.44 bits per heavy atom. The average molecular weight is 252 g/mol. The molecular weight excluding hydrogens is 236 g/mol. The predicted octanol–water partition coefficient (Wildman–Crippen LogP) is 5.08. The lowest BCUT2D eigenvalue weighted by atomic mass is 10.0. The molecule has 0 spiro atoms. The van der Waals surface area contributed by atoms with Crippen LogP contribution in [-0.4, -0.2) is 0 Å². The first-order chi connectivity index (χ1) is 8.84. The van der Waals surface area contributed by atoms with Crippen LogP contribution in [0.15, 0.2) is 59.5 Å². The minimum Gasteiger partial charge on any atom is -0.125 e. The number of rotatable bonds is 3. The van der Waals surface area contributed by atoms with Gasteiger partial charge in [-0.1, -0.05) is 61.5 Å². The lowest BCUT2D eigenvalue weighted by Crippen LogP contribution is -1.90. The second-order valence-electron chi connectivity index (χ2n) is 4.67. The van der Waals surface area contributed by atoms with Gasteiger partial charge in [0.2, 0.25) is 0 Å². The van der Waals surface area contributed by atoms with E-state index in [1.165, 1.54) is 21.6 Å². The first-order valence-electron chi connectivity index (χ1n) is 6.32. The van der Waals surface area contributed by atoms with Crippen LogP contribution in [0.3, 0.4) is 0 Å². The van der Waals surface area contributed by atoms with Crippen molar-refractivity contribution in [1.29, 1.82) is 0 Å². The summed E-state index contributed by atoms with van der Waals surface area (Å²) in [7, 11) is 0. The molecule has 1 aliphatic rings. The minimum absolute atomic E-state index is 0.551. The van der Waals surface area contributed by atoms with Gasteiger partial charge in [0.1, 0.15) is 0 Å². The highest BCUT2D eigenvalue weighted by molar-refractivity contribution is 8.02. The molecular formula is C17H16S. The lowest BCUT2D eigenvalue weighted by molar-refractivity contribution is 0.974. The van der Waals surface area contributed by atoms with Gasteiger partial charge in [0, 0.05) is 11.7 Å². The first kappa shape index (κ1) is 11.6. The fourth-order valence-electron chi connectivity index (χ4n) is 2.38. The second kappa shape index (κ2) is 5.03. The summed E-state index contributed by atoms with van der Waals surface area (Å²) in [5.74, 6) is 1.61. The maximum absolute atomic E-state index is 2.34. The number of benzene rings is 2. The van der Waals surface area contributed by atoms with Crippen LogP contribution in [-0.2, 0) is 5.75 Å². The molecule has 90 valence electrons. The Balaban J connectivity index is 1.73. The molecule has 0 amide bonds. The van der Waals surface area contributed by atoms with Gasteiger partial charge in [-0.3, -0.25) is 0 Å². The molecule has 0 fully saturated rings. The van der Waals surface area contributed by atoms with E-state index in [-0.39, 0.29) is 0 Å². The zero-order valence-corrected chi connectivity index (χ0v) is 11.3. The Morgan fingerprint density at radius 1 is 0.944 bits per heavy atom. The van der Waals surface area contributed by atoms with E-state index in [1.54, 1.807) is 0 Å². The minimum atomic E-state index is 0.551. The molecule has 0 N–H and O–H groups in total. The van der Waals surface area contributed by atoms with Crippen molar-refractivity contribution in [1.82, 2.24) is 0 Å². The molecule has 0 aliphatic heterocycles. The molecule has 2 aromatic carbocycles. The normalized spacial score (nSPS) is 17.4. The number of allylic oxidation sites excluding steroid dienone is 1. The van der Waals surface area contributed by atoms with Crippen LogP contribution in [0.25, 0.3) is 6.08 Å². The molecule has 0 nitrogen and oxygen atoms in total. The summed E-state index contributed by atoms with van der Waals surface area (Å²) in [5, 5.41) is 0. The molecule has 2 aromatic rings. The maximum atomic E-state index is 2.34. The predicted molar refractivity (Wildman–Crippen MR) is 80.6 cm³/mol. The van der Waals surface area contributed by atoms with Crippen LogP contribution in [0.1, 0.15) is 29.5 Å². The number of hydrogen-bond acceptors (Lipinski definition) is 1. The van der Waals surface area contributed by atoms with E-state index in [0.717, 1.165) is 5.75 Å². The molecule has 3 rings (SSSR count). The van der Waals surface area contributed by atoms with E-state index in [4.69, 9.17) is 0 Å². The van der Waals surface area contributed by atoms with Gasteiger partial charge in [-0.25, -0.2) is 0 Å². The Morgan fingerprint density at radius 2 is 1.67 bits per heavy atom. The fourth-order valence-corrected chi connectivity index (χ4v) is 3.49. The van der Waals surface area contributed by atoms with Crippen LogP contribution in [0.5, 0.6) is 0 Å². The molecule has 1 aliphatic carbocycles. The summed E-state index contributed by atoms with van der Waals surface area (Å²) in [6.45, 7) is 2.30. The van der Waals surface area contributed by atoms with Gasteiger partial charge in [-0.15, -0.1) is 11.8 Å². The number of hydrogen-bond donors (Lipinski definition) is 0. The van der Waals surface area contributed by atoms with Crippen LogP contribution < -0.4 is 0 Å². The maximum Gasteiger partial charge on any atom is 0.0228 e. The van der Waals surface area contributed by atoms with E-state index in [1.807, 2.05) is 11.8 Å². The standard InChI is InChI=1S/C17H16S/c1-13-16-10-6-5-9-15(16)11-17(13)18-12-14-7-3-2-4-8-14/h2-11,13H,12H2,1H3. The quantitative estimate of drug-likeness (QED) is 0.734. The highest BCUT2D eigenvalue weighted by atomic mass is 32.2. The summed E-state index contributed by atoms with van der Waals surface area (Å²) in [5.41, 5.74) is 4.25. The van der Waals surface area contributed by atoms with Crippen molar-refractivity contribution in [2.24, 2.45) is 0 Å². The summed E-state index contributed by atoms with van der Waals surface area (Å²) < 4.78 is 0. The molecule has 0 saturated carbocycles. The smallest absolute Gasteiger partial charge is 0.0228 e. The van der Waals surface area contributed by atoms with Crippen molar-refractivity contribution >= 4 is 17.8 Å². The second-order valence-corrected chi connectivity index (χ2v) is 5.72. The van der Waals surface area contributed by atoms with Gasteiger partial charge in [-0.05, 0) is 27.7 Å². The summed E-state index contributed by atoms with van der Waals surface area (Å²) in [4.78, 5) is 1.49. The zero-order chi connectivity index (χ0) is 12.4. The Kier molecular flexibility index (Phi) is 3.24. The molecule has 1 atom stereocenters. The third kappa shape index (κ3) is 2.23. The Labute approximate surface area is 113 Å². The van der Waals surface area contributed by atoms with Gasteiger partial charge in [0.15, 0.2) is 0 Å². The van der Waals surface area contributed by atoms with Crippen LogP contribution in [0.4, 0.5) is 0 Å². The van der Waals surface area contributed by atoms with Gasteiger partial charge in [0.05, 0.1) is 0 Å². The van der Waals surface area contributed by atoms with Gasteiger partial charge in [0.25, 0.3) is 0 Å². The van der Waals surface area contributed by atoms with Crippen molar-refractivity contribution in [3.8, 4) is 0 Å². The average Bonchev–Trinajstić information content (AvgIpc) is 2.75. The van der Waals surface area contributed by atoms with E-state index in [9.17, 15) is 0 Å². The van der Waals surface area contributed by atoms with Crippen molar-refractivity contribution in [2.45, 2.75) is 18.6 Å². The molecule has 1 heteroatoms. The molecule has 0 radical (unpaired) electrons. The zero-order valence-electron chi connectivity index (χ0n) is 10.5. The van der Waals surface area contributed by atoms with Crippen molar-refractivity contribution in [3.05, 3.63) is 76.2 Å². The highest BCUT2D eigenvalue weighted by Crippen LogP contribution is 2.42. The van der Waals surface area contributed by atoms with Crippen molar-refractivity contribution in [2.75, 3.05) is 0 Å². The highest BCUT2D eigenvalue weighted by Gasteiger charge is 2.20. The SMILES string of the molecule is CC1C(SCc2ccccc2)=Cc2ccccc21. The van der Waals surface area contributed by atoms with Crippen LogP contribution in [0.2, 0.25) is 0 Å². The summed E-state index contributed by atoms with van der Waals surface area (Å²) >= 11 is 1.96. The summed E-state index contributed by atoms with van der Waals surface area (Å²) in [6, 6.07) is 19.4. The van der Waals surface area contributed by atoms with Crippen molar-refractivity contribution in [3.63, 3.8) is 0 Å². The number of thioether (sulfide) groups is 1. The number of fused-ring (bicyclic) bond motifs is 1. The molecule has 0 heterocycles. The van der Waals surface area contributed by atoms with E-state index >= 15 is 0 Å². The van der Waals surface area contributed by atoms with Crippen LogP contribution in [0, 0.1) is 0 Å². The van der Waals surface area contributed by atoms with Crippen LogP contribution >= 0.6 is 11.8 Å². The molecule has 1 unspecified atom stereocenters. The fraction of sp³-hybridized carbons (Fsp3) is 0.176. The summed E-state index contributed by atoms with van der Waals surface area (Å²) in [6.07, 6.45) is 2.34. The molecule has 0 aromatic heterocycles. The molecule has 0 bridgehead atoms. The van der Waals surface area contributed by atoms with Crippen molar-refractivity contribution < 1.29 is 0 Å². The lowest BCUT2D eigenvalue weighted by Gasteiger charge is -2.10. The first-order valence-corrected chi connectivity index (χ1v) is 7.30. The Hall–Kier alpha value is -1.47. The van der Waals surface area contributed by atoms with E-state index < -0.39 is 0 Å². The van der Waals surface area contributed by atoms with E-state index in [2.05, 4.69) is 67.6 Å². The largest absolute Gasteiger partial charge is 0.125 e. The van der Waals surface area contributed by atoms with Gasteiger partial charge >= 0.3 is 0 Å². The van der Waals surface area contributed by atoms with Gasteiger partial charge < -0.3 is 0 Å². The van der Waals surface area contributed by atoms with E-state index in [0.29, 0.717) is 5.92 Å². The monoisotopic (exact) mass is 252 g/mol. The topological polar surface area (TPSA) is 0 Å². The Bertz CT molecular complexity index is 569. The van der Waals surface area contributed by atoms with Gasteiger partial charge in [-0.2, -0.15) is 0 Å². The third-order valence-corrected chi connectivity index (χ3v) is 4.72. The molecule has 18 heavy (non-hydrogen) atoms. The third-order valence-electron chi connectivity index (χ3n) is 3.44. The molecule has 0 saturated heterocycles.